The summed E-state index contributed by atoms with van der Waals surface area (Å²) in [5.74, 6) is 1.39. The van der Waals surface area contributed by atoms with Crippen molar-refractivity contribution in [2.75, 3.05) is 0 Å². The lowest BCUT2D eigenvalue weighted by Crippen LogP contribution is -2.33. The van der Waals surface area contributed by atoms with Gasteiger partial charge in [0.2, 0.25) is 0 Å². The van der Waals surface area contributed by atoms with Crippen LogP contribution in [0.5, 0.6) is 0 Å². The molecule has 2 aromatic heterocycles. The summed E-state index contributed by atoms with van der Waals surface area (Å²) in [4.78, 5) is 11.2. The van der Waals surface area contributed by atoms with Crippen molar-refractivity contribution in [3.63, 3.8) is 0 Å². The summed E-state index contributed by atoms with van der Waals surface area (Å²) in [5.41, 5.74) is 12.0. The number of rotatable bonds is 6. The van der Waals surface area contributed by atoms with Crippen molar-refractivity contribution in [1.29, 1.82) is 0 Å². The molecule has 0 amide bonds. The molecule has 1 atom stereocenters. The van der Waals surface area contributed by atoms with E-state index >= 15 is 0 Å². The van der Waals surface area contributed by atoms with Gasteiger partial charge in [-0.1, -0.05) is 116 Å². The number of para-hydroxylation sites is 1. The molecule has 0 saturated heterocycles. The maximum absolute atomic E-state index is 6.46. The first-order chi connectivity index (χ1) is 26.1. The Morgan fingerprint density at radius 3 is 2.17 bits per heavy atom. The molecule has 7 aromatic carbocycles. The Labute approximate surface area is 311 Å². The van der Waals surface area contributed by atoms with Crippen molar-refractivity contribution >= 4 is 68.2 Å². The van der Waals surface area contributed by atoms with E-state index in [0.717, 1.165) is 94.4 Å². The monoisotopic (exact) mass is 703 g/mol. The van der Waals surface area contributed by atoms with Crippen LogP contribution in [0.15, 0.2) is 175 Å². The van der Waals surface area contributed by atoms with Crippen molar-refractivity contribution < 1.29 is 8.83 Å². The lowest BCUT2D eigenvalue weighted by Gasteiger charge is -2.24. The van der Waals surface area contributed by atoms with Crippen LogP contribution in [-0.4, -0.2) is 11.7 Å². The number of furan rings is 2. The first-order valence-electron chi connectivity index (χ1n) is 17.9. The average Bonchev–Trinajstić information content (AvgIpc) is 3.78. The first kappa shape index (κ1) is 31.4. The average molecular weight is 704 g/mol. The second-order valence-electron chi connectivity index (χ2n) is 13.4. The van der Waals surface area contributed by atoms with Crippen LogP contribution in [0.3, 0.4) is 0 Å². The largest absolute Gasteiger partial charge is 0.456 e. The van der Waals surface area contributed by atoms with Gasteiger partial charge in [0.05, 0.1) is 0 Å². The molecular formula is C47H33N3O2S. The summed E-state index contributed by atoms with van der Waals surface area (Å²) in [6.45, 7) is 2.18. The van der Waals surface area contributed by atoms with Gasteiger partial charge in [0.25, 0.3) is 0 Å². The molecule has 9 aromatic rings. The van der Waals surface area contributed by atoms with Gasteiger partial charge in [0, 0.05) is 37.6 Å². The predicted octanol–water partition coefficient (Wildman–Crippen LogP) is 12.2. The summed E-state index contributed by atoms with van der Waals surface area (Å²) in [6.07, 6.45) is 0.560. The topological polar surface area (TPSA) is 63.0 Å². The number of aryl methyl sites for hydroxylation is 1. The van der Waals surface area contributed by atoms with E-state index < -0.39 is 6.17 Å². The van der Waals surface area contributed by atoms with Gasteiger partial charge in [-0.2, -0.15) is 0 Å². The van der Waals surface area contributed by atoms with E-state index in [4.69, 9.17) is 31.4 Å². The minimum atomic E-state index is -0.390. The fraction of sp³-hybridized carbons (Fsp3) is 0.0638. The fourth-order valence-corrected chi connectivity index (χ4v) is 7.96. The Hall–Kier alpha value is -6.37. The Balaban J connectivity index is 1.08. The van der Waals surface area contributed by atoms with Gasteiger partial charge < -0.3 is 14.2 Å². The Kier molecular flexibility index (Phi) is 7.51. The minimum absolute atomic E-state index is 0.390. The van der Waals surface area contributed by atoms with Crippen molar-refractivity contribution in [1.82, 2.24) is 5.32 Å². The molecule has 5 nitrogen and oxygen atoms in total. The quantitative estimate of drug-likeness (QED) is 0.169. The number of thiol groups is 1. The number of nitrogens with one attached hydrogen (secondary N) is 1. The number of nitrogens with zero attached hydrogens (tertiary/aromatic N) is 2. The second kappa shape index (κ2) is 12.7. The number of aliphatic imine (C=N–C) groups is 2. The number of amidine groups is 2. The molecule has 1 unspecified atom stereocenters. The third kappa shape index (κ3) is 5.42. The zero-order valence-electron chi connectivity index (χ0n) is 28.9. The van der Waals surface area contributed by atoms with Gasteiger partial charge in [-0.15, -0.1) is 12.6 Å². The number of hydrogen-bond acceptors (Lipinski definition) is 6. The van der Waals surface area contributed by atoms with Gasteiger partial charge in [0.1, 0.15) is 34.3 Å². The third-order valence-electron chi connectivity index (χ3n) is 10.3. The summed E-state index contributed by atoms with van der Waals surface area (Å²) in [5, 5.41) is 7.93. The fourth-order valence-electron chi connectivity index (χ4n) is 7.62. The van der Waals surface area contributed by atoms with E-state index in [9.17, 15) is 0 Å². The van der Waals surface area contributed by atoms with Crippen LogP contribution < -0.4 is 5.32 Å². The summed E-state index contributed by atoms with van der Waals surface area (Å²) < 4.78 is 12.7. The molecule has 6 heteroatoms. The zero-order chi connectivity index (χ0) is 35.5. The Morgan fingerprint density at radius 1 is 0.566 bits per heavy atom. The molecule has 254 valence electrons. The Bertz CT molecular complexity index is 2940. The molecule has 0 aliphatic carbocycles. The number of benzene rings is 7. The van der Waals surface area contributed by atoms with Crippen molar-refractivity contribution in [3.05, 3.63) is 174 Å². The van der Waals surface area contributed by atoms with Gasteiger partial charge in [-0.05, 0) is 82.3 Å². The molecule has 0 spiro atoms. The summed E-state index contributed by atoms with van der Waals surface area (Å²) in [7, 11) is 0. The van der Waals surface area contributed by atoms with Crippen LogP contribution in [0.4, 0.5) is 0 Å². The van der Waals surface area contributed by atoms with Crippen LogP contribution in [0.25, 0.3) is 66.1 Å². The van der Waals surface area contributed by atoms with E-state index in [-0.39, 0.29) is 0 Å². The maximum atomic E-state index is 6.46. The van der Waals surface area contributed by atoms with E-state index in [1.807, 2.05) is 48.5 Å². The lowest BCUT2D eigenvalue weighted by molar-refractivity contribution is 0.667. The molecule has 0 bridgehead atoms. The Morgan fingerprint density at radius 2 is 1.28 bits per heavy atom. The normalized spacial score (nSPS) is 14.5. The van der Waals surface area contributed by atoms with Crippen molar-refractivity contribution in [2.45, 2.75) is 24.4 Å². The first-order valence-corrected chi connectivity index (χ1v) is 18.3. The van der Waals surface area contributed by atoms with Crippen LogP contribution in [0.1, 0.15) is 35.3 Å². The van der Waals surface area contributed by atoms with Gasteiger partial charge >= 0.3 is 0 Å². The number of fused-ring (bicyclic) bond motifs is 6. The molecule has 1 N–H and O–H groups in total. The van der Waals surface area contributed by atoms with E-state index in [1.54, 1.807) is 0 Å². The maximum Gasteiger partial charge on any atom is 0.159 e. The molecule has 0 saturated carbocycles. The highest BCUT2D eigenvalue weighted by Gasteiger charge is 2.25. The van der Waals surface area contributed by atoms with Crippen LogP contribution in [-0.2, 0) is 6.42 Å². The molecule has 0 fully saturated rings. The summed E-state index contributed by atoms with van der Waals surface area (Å²) >= 11 is 5.00. The van der Waals surface area contributed by atoms with E-state index in [2.05, 4.69) is 115 Å². The molecule has 0 radical (unpaired) electrons. The lowest BCUT2D eigenvalue weighted by atomic mass is 9.96. The van der Waals surface area contributed by atoms with Crippen molar-refractivity contribution in [3.8, 4) is 22.3 Å². The molecule has 1 aliphatic rings. The molecular weight excluding hydrogens is 671 g/mol. The van der Waals surface area contributed by atoms with Crippen LogP contribution >= 0.6 is 12.6 Å². The smallest absolute Gasteiger partial charge is 0.159 e. The molecule has 53 heavy (non-hydrogen) atoms. The van der Waals surface area contributed by atoms with Gasteiger partial charge in [-0.25, -0.2) is 9.98 Å². The minimum Gasteiger partial charge on any atom is -0.456 e. The molecule has 3 heterocycles. The predicted molar refractivity (Wildman–Crippen MR) is 220 cm³/mol. The molecule has 10 rings (SSSR count). The summed E-state index contributed by atoms with van der Waals surface area (Å²) in [6, 6.07) is 52.2. The SMILES string of the molecule is CCc1ccccc1-c1ccc(C2N=C(c3ccccc3)N=C(c3cccc4oc5ccc(-c6ccc7c(c6)oc6ccccc67)cc5c34)N2)cc1S. The third-order valence-corrected chi connectivity index (χ3v) is 10.6. The zero-order valence-corrected chi connectivity index (χ0v) is 29.8. The molecule has 1 aliphatic heterocycles. The highest BCUT2D eigenvalue weighted by Crippen LogP contribution is 2.38. The highest BCUT2D eigenvalue weighted by atomic mass is 32.1. The standard InChI is InChI=1S/C47H33N3O2S/c1-2-28-11-6-7-14-33(28)36-23-20-32(27-43(36)53)46-48-45(29-12-4-3-5-13-29)49-47(50-46)37-16-10-18-41-44(37)38-25-30(21-24-40(38)51-41)31-19-22-35-34-15-8-9-17-39(34)52-42(35)26-31/h3-27,46,53H,2H2,1H3,(H,48,49,50). The highest BCUT2D eigenvalue weighted by molar-refractivity contribution is 7.80. The second-order valence-corrected chi connectivity index (χ2v) is 13.9. The van der Waals surface area contributed by atoms with Crippen LogP contribution in [0, 0.1) is 0 Å². The van der Waals surface area contributed by atoms with Crippen molar-refractivity contribution in [2.24, 2.45) is 9.98 Å². The van der Waals surface area contributed by atoms with Gasteiger partial charge in [0.15, 0.2) is 5.84 Å². The van der Waals surface area contributed by atoms with E-state index in [1.165, 1.54) is 11.1 Å². The van der Waals surface area contributed by atoms with Gasteiger partial charge in [-0.3, -0.25) is 0 Å². The van der Waals surface area contributed by atoms with Crippen LogP contribution in [0.2, 0.25) is 0 Å². The van der Waals surface area contributed by atoms with E-state index in [0.29, 0.717) is 5.84 Å². The number of hydrogen-bond donors (Lipinski definition) is 2.